The number of aliphatic hydroxyl groups excluding tert-OH is 2. The van der Waals surface area contributed by atoms with E-state index in [-0.39, 0.29) is 13.2 Å². The standard InChI is InChI=1S/C14H25N3O3/c18-9-7-17-14(1-4-15-17)13-2-5-16(6-3-13)8-11-20-12-10-19/h1,4,13,18-19H,2-3,5-12H2. The number of aliphatic hydroxyl groups is 2. The fraction of sp³-hybridized carbons (Fsp3) is 0.786. The molecule has 0 unspecified atom stereocenters. The van der Waals surface area contributed by atoms with Crippen molar-refractivity contribution in [3.05, 3.63) is 18.0 Å². The van der Waals surface area contributed by atoms with Gasteiger partial charge in [-0.05, 0) is 32.0 Å². The van der Waals surface area contributed by atoms with Gasteiger partial charge in [-0.2, -0.15) is 5.10 Å². The van der Waals surface area contributed by atoms with Gasteiger partial charge in [0.05, 0.1) is 33.0 Å². The number of likely N-dealkylation sites (tertiary alicyclic amines) is 1. The average Bonchev–Trinajstić information content (AvgIpc) is 2.93. The maximum atomic E-state index is 9.04. The van der Waals surface area contributed by atoms with Crippen LogP contribution in [0.4, 0.5) is 0 Å². The molecule has 1 fully saturated rings. The molecule has 6 heteroatoms. The van der Waals surface area contributed by atoms with Crippen LogP contribution in [0.15, 0.2) is 12.3 Å². The summed E-state index contributed by atoms with van der Waals surface area (Å²) in [6.07, 6.45) is 4.06. The number of piperidine rings is 1. The molecule has 2 heterocycles. The van der Waals surface area contributed by atoms with Gasteiger partial charge in [-0.1, -0.05) is 0 Å². The first kappa shape index (κ1) is 15.4. The second-order valence-electron chi connectivity index (χ2n) is 5.15. The summed E-state index contributed by atoms with van der Waals surface area (Å²) in [7, 11) is 0. The van der Waals surface area contributed by atoms with Crippen LogP contribution in [0.3, 0.4) is 0 Å². The Bertz CT molecular complexity index is 375. The zero-order valence-corrected chi connectivity index (χ0v) is 11.9. The lowest BCUT2D eigenvalue weighted by atomic mass is 9.93. The highest BCUT2D eigenvalue weighted by atomic mass is 16.5. The first-order valence-electron chi connectivity index (χ1n) is 7.38. The third kappa shape index (κ3) is 4.28. The van der Waals surface area contributed by atoms with Crippen LogP contribution in [0, 0.1) is 0 Å². The van der Waals surface area contributed by atoms with Crippen molar-refractivity contribution in [1.29, 1.82) is 0 Å². The van der Waals surface area contributed by atoms with Gasteiger partial charge in [0.25, 0.3) is 0 Å². The summed E-state index contributed by atoms with van der Waals surface area (Å²) in [6.45, 7) is 4.99. The monoisotopic (exact) mass is 283 g/mol. The van der Waals surface area contributed by atoms with Gasteiger partial charge >= 0.3 is 0 Å². The molecular weight excluding hydrogens is 258 g/mol. The quantitative estimate of drug-likeness (QED) is 0.660. The van der Waals surface area contributed by atoms with Gasteiger partial charge in [0.1, 0.15) is 0 Å². The minimum atomic E-state index is 0.0942. The van der Waals surface area contributed by atoms with Crippen molar-refractivity contribution < 1.29 is 14.9 Å². The highest BCUT2D eigenvalue weighted by molar-refractivity contribution is 5.09. The maximum absolute atomic E-state index is 9.04. The molecule has 20 heavy (non-hydrogen) atoms. The summed E-state index contributed by atoms with van der Waals surface area (Å²) in [6, 6.07) is 2.07. The van der Waals surface area contributed by atoms with Gasteiger partial charge < -0.3 is 19.8 Å². The van der Waals surface area contributed by atoms with E-state index in [0.717, 1.165) is 32.5 Å². The van der Waals surface area contributed by atoms with Crippen molar-refractivity contribution in [2.45, 2.75) is 25.3 Å². The predicted octanol–water partition coefficient (Wildman–Crippen LogP) is 0.0637. The van der Waals surface area contributed by atoms with E-state index in [9.17, 15) is 0 Å². The molecule has 1 aromatic heterocycles. The SMILES string of the molecule is OCCOCCN1CCC(c2ccnn2CCO)CC1. The molecule has 0 spiro atoms. The minimum Gasteiger partial charge on any atom is -0.394 e. The van der Waals surface area contributed by atoms with E-state index in [0.29, 0.717) is 25.7 Å². The van der Waals surface area contributed by atoms with Crippen LogP contribution in [0.5, 0.6) is 0 Å². The third-order valence-corrected chi connectivity index (χ3v) is 3.85. The van der Waals surface area contributed by atoms with Crippen molar-refractivity contribution in [2.75, 3.05) is 46.1 Å². The lowest BCUT2D eigenvalue weighted by Crippen LogP contribution is -2.36. The van der Waals surface area contributed by atoms with Gasteiger partial charge in [-0.3, -0.25) is 4.68 Å². The Morgan fingerprint density at radius 1 is 1.15 bits per heavy atom. The van der Waals surface area contributed by atoms with Crippen LogP contribution >= 0.6 is 0 Å². The van der Waals surface area contributed by atoms with E-state index in [1.807, 2.05) is 10.9 Å². The summed E-state index contributed by atoms with van der Waals surface area (Å²) >= 11 is 0. The molecule has 6 nitrogen and oxygen atoms in total. The number of nitrogens with zero attached hydrogens (tertiary/aromatic N) is 3. The smallest absolute Gasteiger partial charge is 0.0698 e. The summed E-state index contributed by atoms with van der Waals surface area (Å²) in [5.41, 5.74) is 1.25. The molecule has 0 atom stereocenters. The van der Waals surface area contributed by atoms with Gasteiger partial charge in [0.15, 0.2) is 0 Å². The molecule has 114 valence electrons. The minimum absolute atomic E-state index is 0.0942. The Hall–Kier alpha value is -0.950. The number of hydrogen-bond donors (Lipinski definition) is 2. The van der Waals surface area contributed by atoms with E-state index >= 15 is 0 Å². The lowest BCUT2D eigenvalue weighted by Gasteiger charge is -2.32. The van der Waals surface area contributed by atoms with E-state index in [1.54, 1.807) is 0 Å². The Balaban J connectivity index is 1.74. The summed E-state index contributed by atoms with van der Waals surface area (Å²) in [4.78, 5) is 2.40. The van der Waals surface area contributed by atoms with Gasteiger partial charge in [0.2, 0.25) is 0 Å². The molecule has 0 aliphatic carbocycles. The van der Waals surface area contributed by atoms with Crippen LogP contribution in [0.1, 0.15) is 24.5 Å². The number of aromatic nitrogens is 2. The van der Waals surface area contributed by atoms with Gasteiger partial charge in [-0.25, -0.2) is 0 Å². The lowest BCUT2D eigenvalue weighted by molar-refractivity contribution is 0.0677. The van der Waals surface area contributed by atoms with Crippen LogP contribution in [-0.4, -0.2) is 71.0 Å². The van der Waals surface area contributed by atoms with Crippen LogP contribution in [-0.2, 0) is 11.3 Å². The molecular formula is C14H25N3O3. The van der Waals surface area contributed by atoms with E-state index in [4.69, 9.17) is 14.9 Å². The zero-order chi connectivity index (χ0) is 14.2. The molecule has 1 aliphatic heterocycles. The predicted molar refractivity (Wildman–Crippen MR) is 75.6 cm³/mol. The average molecular weight is 283 g/mol. The maximum Gasteiger partial charge on any atom is 0.0698 e. The Labute approximate surface area is 120 Å². The van der Waals surface area contributed by atoms with Crippen molar-refractivity contribution in [3.8, 4) is 0 Å². The largest absolute Gasteiger partial charge is 0.394 e. The first-order valence-corrected chi connectivity index (χ1v) is 7.38. The number of rotatable bonds is 8. The van der Waals surface area contributed by atoms with Crippen LogP contribution < -0.4 is 0 Å². The van der Waals surface area contributed by atoms with Gasteiger partial charge in [0, 0.05) is 24.4 Å². The molecule has 0 bridgehead atoms. The number of ether oxygens (including phenoxy) is 1. The molecule has 1 aliphatic rings. The Morgan fingerprint density at radius 2 is 1.95 bits per heavy atom. The third-order valence-electron chi connectivity index (χ3n) is 3.85. The van der Waals surface area contributed by atoms with Crippen molar-refractivity contribution in [3.63, 3.8) is 0 Å². The first-order chi connectivity index (χ1) is 9.85. The summed E-state index contributed by atoms with van der Waals surface area (Å²) < 4.78 is 7.22. The van der Waals surface area contributed by atoms with E-state index < -0.39 is 0 Å². The second kappa shape index (κ2) is 8.36. The van der Waals surface area contributed by atoms with Crippen molar-refractivity contribution in [2.24, 2.45) is 0 Å². The van der Waals surface area contributed by atoms with Crippen molar-refractivity contribution in [1.82, 2.24) is 14.7 Å². The Kier molecular flexibility index (Phi) is 6.46. The van der Waals surface area contributed by atoms with E-state index in [1.165, 1.54) is 5.69 Å². The molecule has 0 aromatic carbocycles. The fourth-order valence-corrected chi connectivity index (χ4v) is 2.78. The van der Waals surface area contributed by atoms with Crippen LogP contribution in [0.25, 0.3) is 0 Å². The highest BCUT2D eigenvalue weighted by Gasteiger charge is 2.22. The molecule has 2 rings (SSSR count). The summed E-state index contributed by atoms with van der Waals surface area (Å²) in [5.74, 6) is 0.540. The molecule has 1 aromatic rings. The molecule has 2 N–H and O–H groups in total. The molecule has 0 radical (unpaired) electrons. The highest BCUT2D eigenvalue weighted by Crippen LogP contribution is 2.27. The molecule has 1 saturated heterocycles. The van der Waals surface area contributed by atoms with Crippen molar-refractivity contribution >= 4 is 0 Å². The fourth-order valence-electron chi connectivity index (χ4n) is 2.78. The molecule has 0 saturated carbocycles. The number of hydrogen-bond acceptors (Lipinski definition) is 5. The normalized spacial score (nSPS) is 17.7. The van der Waals surface area contributed by atoms with Crippen LogP contribution in [0.2, 0.25) is 0 Å². The molecule has 0 amide bonds. The topological polar surface area (TPSA) is 70.8 Å². The Morgan fingerprint density at radius 3 is 2.65 bits per heavy atom. The summed E-state index contributed by atoms with van der Waals surface area (Å²) in [5, 5.41) is 22.0. The van der Waals surface area contributed by atoms with E-state index in [2.05, 4.69) is 16.1 Å². The second-order valence-corrected chi connectivity index (χ2v) is 5.15. The zero-order valence-electron chi connectivity index (χ0n) is 11.9. The van der Waals surface area contributed by atoms with Gasteiger partial charge in [-0.15, -0.1) is 0 Å².